The van der Waals surface area contributed by atoms with E-state index in [2.05, 4.69) is 12.2 Å². The zero-order chi connectivity index (χ0) is 15.4. The molecule has 0 aliphatic heterocycles. The van der Waals surface area contributed by atoms with Crippen LogP contribution in [0.4, 0.5) is 4.39 Å². The van der Waals surface area contributed by atoms with Gasteiger partial charge in [-0.05, 0) is 66.9 Å². The van der Waals surface area contributed by atoms with Gasteiger partial charge in [0.25, 0.3) is 0 Å². The minimum Gasteiger partial charge on any atom is -0.497 e. The van der Waals surface area contributed by atoms with Gasteiger partial charge in [-0.25, -0.2) is 4.39 Å². The first-order valence-corrected chi connectivity index (χ1v) is 7.20. The van der Waals surface area contributed by atoms with E-state index in [1.54, 1.807) is 19.2 Å². The Bertz CT molecular complexity index is 604. The molecule has 1 unspecified atom stereocenters. The van der Waals surface area contributed by atoms with Crippen molar-refractivity contribution in [2.24, 2.45) is 0 Å². The number of benzene rings is 2. The molecule has 21 heavy (non-hydrogen) atoms. The van der Waals surface area contributed by atoms with Crippen molar-refractivity contribution in [3.63, 3.8) is 0 Å². The zero-order valence-corrected chi connectivity index (χ0v) is 13.0. The van der Waals surface area contributed by atoms with E-state index in [4.69, 9.17) is 4.74 Å². The van der Waals surface area contributed by atoms with Gasteiger partial charge in [-0.15, -0.1) is 0 Å². The lowest BCUT2D eigenvalue weighted by atomic mass is 9.93. The number of halogens is 1. The molecule has 0 amide bonds. The van der Waals surface area contributed by atoms with Crippen molar-refractivity contribution < 1.29 is 9.13 Å². The molecule has 0 aromatic heterocycles. The van der Waals surface area contributed by atoms with Crippen molar-refractivity contribution in [3.05, 3.63) is 64.5 Å². The zero-order valence-electron chi connectivity index (χ0n) is 13.0. The van der Waals surface area contributed by atoms with Crippen LogP contribution in [0.3, 0.4) is 0 Å². The van der Waals surface area contributed by atoms with Crippen LogP contribution in [0.15, 0.2) is 36.4 Å². The van der Waals surface area contributed by atoms with Gasteiger partial charge < -0.3 is 10.1 Å². The van der Waals surface area contributed by atoms with E-state index in [1.807, 2.05) is 38.1 Å². The van der Waals surface area contributed by atoms with Crippen molar-refractivity contribution in [1.29, 1.82) is 0 Å². The Labute approximate surface area is 126 Å². The molecular weight excluding hydrogens is 265 g/mol. The van der Waals surface area contributed by atoms with Crippen LogP contribution in [-0.2, 0) is 0 Å². The van der Waals surface area contributed by atoms with Crippen LogP contribution in [0.5, 0.6) is 5.75 Å². The summed E-state index contributed by atoms with van der Waals surface area (Å²) in [6.07, 6.45) is 0. The molecule has 0 heterocycles. The molecule has 0 bridgehead atoms. The van der Waals surface area contributed by atoms with Crippen LogP contribution >= 0.6 is 0 Å². The summed E-state index contributed by atoms with van der Waals surface area (Å²) < 4.78 is 19.0. The highest BCUT2D eigenvalue weighted by Crippen LogP contribution is 2.28. The average molecular weight is 287 g/mol. The summed E-state index contributed by atoms with van der Waals surface area (Å²) in [5.74, 6) is 0.640. The van der Waals surface area contributed by atoms with Crippen molar-refractivity contribution in [2.45, 2.75) is 26.8 Å². The highest BCUT2D eigenvalue weighted by Gasteiger charge is 2.16. The first-order chi connectivity index (χ1) is 10.0. The molecule has 0 saturated carbocycles. The van der Waals surface area contributed by atoms with E-state index in [-0.39, 0.29) is 11.9 Å². The van der Waals surface area contributed by atoms with Crippen LogP contribution < -0.4 is 10.1 Å². The smallest absolute Gasteiger partial charge is 0.123 e. The molecule has 112 valence electrons. The van der Waals surface area contributed by atoms with Gasteiger partial charge in [-0.2, -0.15) is 0 Å². The van der Waals surface area contributed by atoms with E-state index in [1.165, 1.54) is 0 Å². The molecule has 0 saturated heterocycles. The molecule has 2 aromatic carbocycles. The quantitative estimate of drug-likeness (QED) is 0.892. The monoisotopic (exact) mass is 287 g/mol. The average Bonchev–Trinajstić information content (AvgIpc) is 2.44. The summed E-state index contributed by atoms with van der Waals surface area (Å²) in [6.45, 7) is 6.83. The van der Waals surface area contributed by atoms with Gasteiger partial charge in [0.15, 0.2) is 0 Å². The summed E-state index contributed by atoms with van der Waals surface area (Å²) in [5, 5.41) is 3.44. The maximum absolute atomic E-state index is 13.7. The Hall–Kier alpha value is -1.87. The van der Waals surface area contributed by atoms with Crippen LogP contribution in [0.1, 0.15) is 35.2 Å². The standard InChI is InChI=1S/C18H22FNO/c1-5-20-18(14-8-12(2)9-15(19)11-14)17-7-6-16(21-4)10-13(17)3/h6-11,18,20H,5H2,1-4H3. The lowest BCUT2D eigenvalue weighted by Gasteiger charge is -2.22. The second-order valence-corrected chi connectivity index (χ2v) is 5.28. The molecule has 2 aromatic rings. The fraction of sp³-hybridized carbons (Fsp3) is 0.333. The van der Waals surface area contributed by atoms with Gasteiger partial charge in [0.2, 0.25) is 0 Å². The number of ether oxygens (including phenoxy) is 1. The van der Waals surface area contributed by atoms with Crippen LogP contribution in [0.25, 0.3) is 0 Å². The number of hydrogen-bond donors (Lipinski definition) is 1. The predicted molar refractivity (Wildman–Crippen MR) is 84.4 cm³/mol. The molecule has 1 atom stereocenters. The predicted octanol–water partition coefficient (Wildman–Crippen LogP) is 4.15. The van der Waals surface area contributed by atoms with E-state index in [0.717, 1.165) is 34.5 Å². The SMILES string of the molecule is CCNC(c1cc(C)cc(F)c1)c1ccc(OC)cc1C. The van der Waals surface area contributed by atoms with Gasteiger partial charge in [0.1, 0.15) is 11.6 Å². The van der Waals surface area contributed by atoms with Gasteiger partial charge >= 0.3 is 0 Å². The highest BCUT2D eigenvalue weighted by molar-refractivity contribution is 5.42. The first-order valence-electron chi connectivity index (χ1n) is 7.20. The third-order valence-corrected chi connectivity index (χ3v) is 3.59. The Morgan fingerprint density at radius 2 is 1.90 bits per heavy atom. The molecule has 0 radical (unpaired) electrons. The molecular formula is C18H22FNO. The Morgan fingerprint density at radius 3 is 2.48 bits per heavy atom. The Kier molecular flexibility index (Phi) is 4.97. The van der Waals surface area contributed by atoms with E-state index in [9.17, 15) is 4.39 Å². The molecule has 2 nitrogen and oxygen atoms in total. The fourth-order valence-electron chi connectivity index (χ4n) is 2.64. The largest absolute Gasteiger partial charge is 0.497 e. The van der Waals surface area contributed by atoms with E-state index >= 15 is 0 Å². The summed E-state index contributed by atoms with van der Waals surface area (Å²) in [4.78, 5) is 0. The molecule has 1 N–H and O–H groups in total. The molecule has 0 aliphatic carbocycles. The second kappa shape index (κ2) is 6.72. The van der Waals surface area contributed by atoms with Crippen molar-refractivity contribution in [3.8, 4) is 5.75 Å². The van der Waals surface area contributed by atoms with Gasteiger partial charge in [0, 0.05) is 0 Å². The van der Waals surface area contributed by atoms with Crippen LogP contribution in [-0.4, -0.2) is 13.7 Å². The third kappa shape index (κ3) is 3.61. The normalized spacial score (nSPS) is 12.2. The highest BCUT2D eigenvalue weighted by atomic mass is 19.1. The van der Waals surface area contributed by atoms with Gasteiger partial charge in [-0.1, -0.05) is 19.1 Å². The Morgan fingerprint density at radius 1 is 1.14 bits per heavy atom. The Balaban J connectivity index is 2.47. The number of methoxy groups -OCH3 is 1. The number of rotatable bonds is 5. The molecule has 0 aliphatic rings. The topological polar surface area (TPSA) is 21.3 Å². The van der Waals surface area contributed by atoms with Gasteiger partial charge in [-0.3, -0.25) is 0 Å². The fourth-order valence-corrected chi connectivity index (χ4v) is 2.64. The molecule has 0 fully saturated rings. The maximum Gasteiger partial charge on any atom is 0.123 e. The van der Waals surface area contributed by atoms with Crippen LogP contribution in [0, 0.1) is 19.7 Å². The van der Waals surface area contributed by atoms with Crippen molar-refractivity contribution >= 4 is 0 Å². The summed E-state index contributed by atoms with van der Waals surface area (Å²) >= 11 is 0. The number of hydrogen-bond acceptors (Lipinski definition) is 2. The van der Waals surface area contributed by atoms with Gasteiger partial charge in [0.05, 0.1) is 13.2 Å². The lowest BCUT2D eigenvalue weighted by Crippen LogP contribution is -2.23. The lowest BCUT2D eigenvalue weighted by molar-refractivity contribution is 0.414. The van der Waals surface area contributed by atoms with E-state index < -0.39 is 0 Å². The minimum absolute atomic E-state index is 0.0182. The number of nitrogens with one attached hydrogen (secondary N) is 1. The van der Waals surface area contributed by atoms with Crippen molar-refractivity contribution in [1.82, 2.24) is 5.32 Å². The summed E-state index contributed by atoms with van der Waals surface area (Å²) in [7, 11) is 1.66. The first kappa shape index (κ1) is 15.5. The maximum atomic E-state index is 13.7. The van der Waals surface area contributed by atoms with Crippen molar-refractivity contribution in [2.75, 3.05) is 13.7 Å². The van der Waals surface area contributed by atoms with E-state index in [0.29, 0.717) is 0 Å². The summed E-state index contributed by atoms with van der Waals surface area (Å²) in [6, 6.07) is 11.2. The third-order valence-electron chi connectivity index (χ3n) is 3.59. The molecule has 2 rings (SSSR count). The number of aryl methyl sites for hydroxylation is 2. The minimum atomic E-state index is -0.195. The molecule has 3 heteroatoms. The van der Waals surface area contributed by atoms with Crippen LogP contribution in [0.2, 0.25) is 0 Å². The summed E-state index contributed by atoms with van der Waals surface area (Å²) in [5.41, 5.74) is 4.14. The second-order valence-electron chi connectivity index (χ2n) is 5.28. The molecule has 0 spiro atoms.